The summed E-state index contributed by atoms with van der Waals surface area (Å²) in [4.78, 5) is 12.8. The van der Waals surface area contributed by atoms with Crippen LogP contribution in [0.5, 0.6) is 0 Å². The summed E-state index contributed by atoms with van der Waals surface area (Å²) < 4.78 is 34.0. The Balaban J connectivity index is 1.83. The van der Waals surface area contributed by atoms with Gasteiger partial charge in [-0.05, 0) is 12.8 Å². The first-order valence-electron chi connectivity index (χ1n) is 21.6. The summed E-state index contributed by atoms with van der Waals surface area (Å²) in [5.74, 6) is -0.378. The predicted octanol–water partition coefficient (Wildman–Crippen LogP) is 4.18. The zero-order valence-corrected chi connectivity index (χ0v) is 33.9. The van der Waals surface area contributed by atoms with Gasteiger partial charge in [-0.2, -0.15) is 0 Å². The molecule has 2 aliphatic heterocycles. The van der Waals surface area contributed by atoms with Crippen molar-refractivity contribution < 1.29 is 69.0 Å². The van der Waals surface area contributed by atoms with Crippen LogP contribution in [0.25, 0.3) is 0 Å². The lowest BCUT2D eigenvalue weighted by Crippen LogP contribution is -2.61. The number of esters is 1. The van der Waals surface area contributed by atoms with Gasteiger partial charge in [0.25, 0.3) is 0 Å². The van der Waals surface area contributed by atoms with E-state index in [1.165, 1.54) is 89.9 Å². The molecule has 2 rings (SSSR count). The molecular formula is C41H78O14. The Bertz CT molecular complexity index is 927. The van der Waals surface area contributed by atoms with Crippen molar-refractivity contribution in [1.82, 2.24) is 0 Å². The normalized spacial score (nSPS) is 29.0. The molecule has 0 saturated carbocycles. The summed E-state index contributed by atoms with van der Waals surface area (Å²) in [5, 5.41) is 71.7. The third-order valence-electron chi connectivity index (χ3n) is 10.6. The van der Waals surface area contributed by atoms with Crippen molar-refractivity contribution in [2.45, 2.75) is 223 Å². The minimum absolute atomic E-state index is 0.0686. The van der Waals surface area contributed by atoms with Crippen molar-refractivity contribution in [3.8, 4) is 0 Å². The summed E-state index contributed by atoms with van der Waals surface area (Å²) >= 11 is 0. The molecule has 2 fully saturated rings. The van der Waals surface area contributed by atoms with E-state index in [0.29, 0.717) is 13.0 Å². The maximum atomic E-state index is 12.8. The van der Waals surface area contributed by atoms with Gasteiger partial charge in [-0.1, -0.05) is 136 Å². The van der Waals surface area contributed by atoms with E-state index in [1.807, 2.05) is 0 Å². The van der Waals surface area contributed by atoms with Crippen LogP contribution in [-0.4, -0.2) is 142 Å². The van der Waals surface area contributed by atoms with E-state index in [1.54, 1.807) is 0 Å². The van der Waals surface area contributed by atoms with Crippen molar-refractivity contribution in [3.05, 3.63) is 0 Å². The smallest absolute Gasteiger partial charge is 0.306 e. The van der Waals surface area contributed by atoms with Gasteiger partial charge in [0, 0.05) is 13.0 Å². The quantitative estimate of drug-likeness (QED) is 0.0367. The molecule has 0 aromatic rings. The summed E-state index contributed by atoms with van der Waals surface area (Å²) in [6.45, 7) is 3.66. The lowest BCUT2D eigenvalue weighted by atomic mass is 9.98. The first-order chi connectivity index (χ1) is 26.6. The fourth-order valence-corrected chi connectivity index (χ4v) is 6.99. The Labute approximate surface area is 330 Å². The number of unbranched alkanes of at least 4 members (excludes halogenated alkanes) is 19. The van der Waals surface area contributed by atoms with Gasteiger partial charge in [-0.25, -0.2) is 0 Å². The molecule has 14 heteroatoms. The van der Waals surface area contributed by atoms with Gasteiger partial charge in [-0.15, -0.1) is 0 Å². The zero-order chi connectivity index (χ0) is 40.3. The second-order valence-electron chi connectivity index (χ2n) is 15.5. The van der Waals surface area contributed by atoms with Gasteiger partial charge >= 0.3 is 5.97 Å². The van der Waals surface area contributed by atoms with Crippen LogP contribution in [0.15, 0.2) is 0 Å². The van der Waals surface area contributed by atoms with Crippen LogP contribution < -0.4 is 0 Å². The molecule has 0 aliphatic carbocycles. The molecule has 0 aromatic heterocycles. The number of aliphatic hydroxyl groups is 7. The van der Waals surface area contributed by atoms with Gasteiger partial charge in [0.15, 0.2) is 12.6 Å². The van der Waals surface area contributed by atoms with Crippen LogP contribution in [0.1, 0.15) is 155 Å². The highest BCUT2D eigenvalue weighted by molar-refractivity contribution is 5.69. The van der Waals surface area contributed by atoms with E-state index >= 15 is 0 Å². The number of hydrogen-bond acceptors (Lipinski definition) is 14. The van der Waals surface area contributed by atoms with E-state index in [-0.39, 0.29) is 25.6 Å². The summed E-state index contributed by atoms with van der Waals surface area (Å²) in [7, 11) is 0. The van der Waals surface area contributed by atoms with Crippen LogP contribution in [-0.2, 0) is 33.2 Å². The van der Waals surface area contributed by atoms with E-state index in [9.17, 15) is 40.5 Å². The van der Waals surface area contributed by atoms with Crippen LogP contribution >= 0.6 is 0 Å². The fourth-order valence-electron chi connectivity index (χ4n) is 6.99. The molecule has 7 N–H and O–H groups in total. The third kappa shape index (κ3) is 20.5. The van der Waals surface area contributed by atoms with E-state index in [2.05, 4.69) is 13.8 Å². The van der Waals surface area contributed by atoms with Gasteiger partial charge in [0.1, 0.15) is 54.9 Å². The maximum absolute atomic E-state index is 12.8. The van der Waals surface area contributed by atoms with E-state index in [0.717, 1.165) is 38.5 Å². The molecule has 55 heavy (non-hydrogen) atoms. The average Bonchev–Trinajstić information content (AvgIpc) is 3.18. The number of ether oxygens (including phenoxy) is 6. The van der Waals surface area contributed by atoms with Crippen molar-refractivity contribution in [3.63, 3.8) is 0 Å². The number of carbonyl (C=O) groups is 1. The molecule has 14 nitrogen and oxygen atoms in total. The number of rotatable bonds is 33. The van der Waals surface area contributed by atoms with Crippen molar-refractivity contribution in [2.24, 2.45) is 0 Å². The molecule has 0 amide bonds. The third-order valence-corrected chi connectivity index (χ3v) is 10.6. The number of aliphatic hydroxyl groups excluding tert-OH is 7. The molecular weight excluding hydrogens is 716 g/mol. The molecule has 0 bridgehead atoms. The second-order valence-corrected chi connectivity index (χ2v) is 15.5. The minimum Gasteiger partial charge on any atom is -0.457 e. The SMILES string of the molecule is CCCCCCCCCCCCCCOCC(COC1OC(COC2OC(CO)C(O)C(O)C2O)C(O)C(O)C1O)OC(=O)CCCCCCCCCCC. The Morgan fingerprint density at radius 1 is 0.527 bits per heavy atom. The Kier molecular flexibility index (Phi) is 28.2. The summed E-state index contributed by atoms with van der Waals surface area (Å²) in [5.41, 5.74) is 0. The molecule has 0 radical (unpaired) electrons. The first-order valence-corrected chi connectivity index (χ1v) is 21.6. The molecule has 2 aliphatic rings. The van der Waals surface area contributed by atoms with Gasteiger partial charge in [-0.3, -0.25) is 4.79 Å². The van der Waals surface area contributed by atoms with E-state index < -0.39 is 80.7 Å². The summed E-state index contributed by atoms with van der Waals surface area (Å²) in [6.07, 6.45) is 9.00. The maximum Gasteiger partial charge on any atom is 0.306 e. The lowest BCUT2D eigenvalue weighted by molar-refractivity contribution is -0.332. The monoisotopic (exact) mass is 795 g/mol. The zero-order valence-electron chi connectivity index (χ0n) is 33.9. The molecule has 2 saturated heterocycles. The first kappa shape index (κ1) is 50.1. The highest BCUT2D eigenvalue weighted by Crippen LogP contribution is 2.26. The van der Waals surface area contributed by atoms with Gasteiger partial charge in [0.05, 0.1) is 26.4 Å². The molecule has 0 spiro atoms. The predicted molar refractivity (Wildman–Crippen MR) is 206 cm³/mol. The van der Waals surface area contributed by atoms with Crippen LogP contribution in [0.4, 0.5) is 0 Å². The van der Waals surface area contributed by atoms with Crippen LogP contribution in [0.2, 0.25) is 0 Å². The highest BCUT2D eigenvalue weighted by atomic mass is 16.7. The molecule has 11 atom stereocenters. The van der Waals surface area contributed by atoms with E-state index in [4.69, 9.17) is 28.4 Å². The molecule has 11 unspecified atom stereocenters. The Hall–Kier alpha value is -1.01. The average molecular weight is 795 g/mol. The Morgan fingerprint density at radius 3 is 1.47 bits per heavy atom. The fraction of sp³-hybridized carbons (Fsp3) is 0.976. The summed E-state index contributed by atoms with van der Waals surface area (Å²) in [6, 6.07) is 0. The van der Waals surface area contributed by atoms with Gasteiger partial charge < -0.3 is 64.2 Å². The standard InChI is InChI=1S/C41H78O14/c1-3-5-7-9-11-13-14-15-17-19-21-23-25-50-27-30(53-33(43)24-22-20-18-16-12-10-8-6-4-2)28-51-40-39(49)37(47)35(45)32(55-40)29-52-41-38(48)36(46)34(44)31(26-42)54-41/h30-32,34-42,44-49H,3-29H2,1-2H3. The molecule has 326 valence electrons. The molecule has 0 aromatic carbocycles. The van der Waals surface area contributed by atoms with Crippen LogP contribution in [0.3, 0.4) is 0 Å². The van der Waals surface area contributed by atoms with Crippen molar-refractivity contribution >= 4 is 5.97 Å². The largest absolute Gasteiger partial charge is 0.457 e. The van der Waals surface area contributed by atoms with Crippen molar-refractivity contribution in [1.29, 1.82) is 0 Å². The highest BCUT2D eigenvalue weighted by Gasteiger charge is 2.47. The van der Waals surface area contributed by atoms with Crippen molar-refractivity contribution in [2.75, 3.05) is 33.0 Å². The van der Waals surface area contributed by atoms with Crippen LogP contribution in [0, 0.1) is 0 Å². The lowest BCUT2D eigenvalue weighted by Gasteiger charge is -2.42. The topological polar surface area (TPSA) is 214 Å². The minimum atomic E-state index is -1.70. The van der Waals surface area contributed by atoms with Gasteiger partial charge in [0.2, 0.25) is 0 Å². The molecule has 2 heterocycles. The number of hydrogen-bond donors (Lipinski definition) is 7. The second kappa shape index (κ2) is 31.0. The Morgan fingerprint density at radius 2 is 0.964 bits per heavy atom. The number of carbonyl (C=O) groups excluding carboxylic acids is 1.